The van der Waals surface area contributed by atoms with Crippen molar-refractivity contribution in [1.82, 2.24) is 5.32 Å². The summed E-state index contributed by atoms with van der Waals surface area (Å²) in [6.07, 6.45) is -1.08. The molecule has 1 rings (SSSR count). The van der Waals surface area contributed by atoms with Gasteiger partial charge in [-0.15, -0.1) is 0 Å². The summed E-state index contributed by atoms with van der Waals surface area (Å²) in [6.45, 7) is 0.660. The molecule has 0 aromatic heterocycles. The van der Waals surface area contributed by atoms with Gasteiger partial charge in [0.2, 0.25) is 0 Å². The average Bonchev–Trinajstić information content (AvgIpc) is 2.34. The van der Waals surface area contributed by atoms with Gasteiger partial charge in [0.1, 0.15) is 12.1 Å². The van der Waals surface area contributed by atoms with Gasteiger partial charge < -0.3 is 10.1 Å². The number of nitrogens with one attached hydrogen (secondary N) is 1. The smallest absolute Gasteiger partial charge is 0.312 e. The van der Waals surface area contributed by atoms with Gasteiger partial charge in [0.05, 0.1) is 7.11 Å². The summed E-state index contributed by atoms with van der Waals surface area (Å²) < 4.78 is 17.0. The highest BCUT2D eigenvalue weighted by Crippen LogP contribution is 2.13. The molecule has 0 bridgehead atoms. The maximum Gasteiger partial charge on any atom is 0.312 e. The van der Waals surface area contributed by atoms with E-state index >= 15 is 0 Å². The molecule has 0 amide bonds. The number of carbonyl (C=O) groups is 1. The van der Waals surface area contributed by atoms with E-state index in [1.807, 2.05) is 0 Å². The van der Waals surface area contributed by atoms with E-state index in [0.717, 1.165) is 0 Å². The second-order valence-electron chi connectivity index (χ2n) is 2.30. The summed E-state index contributed by atoms with van der Waals surface area (Å²) in [6, 6.07) is 0. The lowest BCUT2D eigenvalue weighted by Crippen LogP contribution is -2.24. The van der Waals surface area contributed by atoms with Crippen molar-refractivity contribution in [3.63, 3.8) is 0 Å². The quantitative estimate of drug-likeness (QED) is 0.518. The zero-order valence-corrected chi connectivity index (χ0v) is 5.76. The lowest BCUT2D eigenvalue weighted by atomic mass is 10.1. The predicted molar refractivity (Wildman–Crippen MR) is 33.3 cm³/mol. The Hall–Kier alpha value is -0.640. The van der Waals surface area contributed by atoms with Crippen LogP contribution in [-0.4, -0.2) is 32.3 Å². The van der Waals surface area contributed by atoms with Crippen LogP contribution < -0.4 is 5.32 Å². The van der Waals surface area contributed by atoms with Gasteiger partial charge in [0.15, 0.2) is 0 Å². The first-order valence-corrected chi connectivity index (χ1v) is 3.18. The van der Waals surface area contributed by atoms with Crippen LogP contribution in [0.5, 0.6) is 0 Å². The highest BCUT2D eigenvalue weighted by atomic mass is 19.1. The third-order valence-corrected chi connectivity index (χ3v) is 1.64. The molecular weight excluding hydrogens is 137 g/mol. The molecule has 1 N–H and O–H groups in total. The fourth-order valence-electron chi connectivity index (χ4n) is 1.03. The monoisotopic (exact) mass is 147 g/mol. The van der Waals surface area contributed by atoms with Gasteiger partial charge in [-0.05, 0) is 0 Å². The number of hydrogen-bond donors (Lipinski definition) is 1. The molecule has 0 unspecified atom stereocenters. The van der Waals surface area contributed by atoms with Gasteiger partial charge in [-0.25, -0.2) is 4.39 Å². The first kappa shape index (κ1) is 7.47. The number of rotatable bonds is 1. The van der Waals surface area contributed by atoms with E-state index in [1.165, 1.54) is 7.11 Å². The van der Waals surface area contributed by atoms with E-state index in [1.54, 1.807) is 0 Å². The second kappa shape index (κ2) is 2.96. The molecule has 0 aromatic carbocycles. The van der Waals surface area contributed by atoms with Gasteiger partial charge in [-0.3, -0.25) is 4.79 Å². The number of hydrogen-bond acceptors (Lipinski definition) is 3. The number of carbonyl (C=O) groups excluding carboxylic acids is 1. The highest BCUT2D eigenvalue weighted by Gasteiger charge is 2.33. The first-order chi connectivity index (χ1) is 4.75. The fraction of sp³-hybridized carbons (Fsp3) is 0.833. The lowest BCUT2D eigenvalue weighted by molar-refractivity contribution is -0.146. The molecule has 10 heavy (non-hydrogen) atoms. The van der Waals surface area contributed by atoms with Gasteiger partial charge in [-0.2, -0.15) is 0 Å². The molecular formula is C6H10FNO2. The molecule has 1 aliphatic rings. The van der Waals surface area contributed by atoms with E-state index in [2.05, 4.69) is 10.1 Å². The Balaban J connectivity index is 2.46. The molecule has 0 spiro atoms. The maximum atomic E-state index is 12.7. The molecule has 3 nitrogen and oxygen atoms in total. The van der Waals surface area contributed by atoms with E-state index in [-0.39, 0.29) is 6.54 Å². The number of methoxy groups -OCH3 is 1. The van der Waals surface area contributed by atoms with Crippen molar-refractivity contribution < 1.29 is 13.9 Å². The number of ether oxygens (including phenoxy) is 1. The minimum Gasteiger partial charge on any atom is -0.469 e. The van der Waals surface area contributed by atoms with Crippen LogP contribution in [0, 0.1) is 5.92 Å². The van der Waals surface area contributed by atoms with Crippen LogP contribution in [0.15, 0.2) is 0 Å². The molecule has 58 valence electrons. The summed E-state index contributed by atoms with van der Waals surface area (Å²) in [5.41, 5.74) is 0. The molecule has 1 heterocycles. The SMILES string of the molecule is COC(=O)[C@@H]1CNC[C@H]1F. The number of halogens is 1. The Morgan fingerprint density at radius 2 is 2.40 bits per heavy atom. The van der Waals surface area contributed by atoms with Crippen molar-refractivity contribution in [3.8, 4) is 0 Å². The van der Waals surface area contributed by atoms with Gasteiger partial charge in [-0.1, -0.05) is 0 Å². The summed E-state index contributed by atoms with van der Waals surface area (Å²) >= 11 is 0. The molecule has 0 saturated carbocycles. The van der Waals surface area contributed by atoms with Crippen molar-refractivity contribution in [2.45, 2.75) is 6.17 Å². The summed E-state index contributed by atoms with van der Waals surface area (Å²) in [4.78, 5) is 10.7. The Bertz CT molecular complexity index is 140. The van der Waals surface area contributed by atoms with E-state index in [4.69, 9.17) is 0 Å². The first-order valence-electron chi connectivity index (χ1n) is 3.18. The van der Waals surface area contributed by atoms with Crippen molar-refractivity contribution in [2.24, 2.45) is 5.92 Å². The fourth-order valence-corrected chi connectivity index (χ4v) is 1.03. The maximum absolute atomic E-state index is 12.7. The van der Waals surface area contributed by atoms with Crippen LogP contribution in [0.25, 0.3) is 0 Å². The summed E-state index contributed by atoms with van der Waals surface area (Å²) in [5, 5.41) is 2.76. The molecule has 2 atom stereocenters. The zero-order chi connectivity index (χ0) is 7.56. The normalized spacial score (nSPS) is 32.2. The van der Waals surface area contributed by atoms with Crippen LogP contribution in [-0.2, 0) is 9.53 Å². The Morgan fingerprint density at radius 3 is 2.80 bits per heavy atom. The third kappa shape index (κ3) is 1.26. The lowest BCUT2D eigenvalue weighted by Gasteiger charge is -2.06. The predicted octanol–water partition coefficient (Wildman–Crippen LogP) is -0.283. The molecule has 0 aliphatic carbocycles. The third-order valence-electron chi connectivity index (χ3n) is 1.64. The van der Waals surface area contributed by atoms with E-state index in [0.29, 0.717) is 6.54 Å². The molecule has 1 fully saturated rings. The van der Waals surface area contributed by atoms with Crippen molar-refractivity contribution in [1.29, 1.82) is 0 Å². The molecule has 0 aromatic rings. The van der Waals surface area contributed by atoms with Crippen molar-refractivity contribution >= 4 is 5.97 Å². The van der Waals surface area contributed by atoms with E-state index < -0.39 is 18.1 Å². The number of esters is 1. The van der Waals surface area contributed by atoms with Crippen LogP contribution in [0.1, 0.15) is 0 Å². The van der Waals surface area contributed by atoms with Crippen LogP contribution >= 0.6 is 0 Å². The topological polar surface area (TPSA) is 38.3 Å². The zero-order valence-electron chi connectivity index (χ0n) is 5.76. The summed E-state index contributed by atoms with van der Waals surface area (Å²) in [7, 11) is 1.27. The standard InChI is InChI=1S/C6H10FNO2/c1-10-6(9)4-2-8-3-5(4)7/h4-5,8H,2-3H2,1H3/t4-,5-/m1/s1. The molecule has 1 saturated heterocycles. The van der Waals surface area contributed by atoms with E-state index in [9.17, 15) is 9.18 Å². The largest absolute Gasteiger partial charge is 0.469 e. The van der Waals surface area contributed by atoms with Gasteiger partial charge in [0.25, 0.3) is 0 Å². The Labute approximate surface area is 58.5 Å². The summed E-state index contributed by atoms with van der Waals surface area (Å²) in [5.74, 6) is -1.05. The van der Waals surface area contributed by atoms with Crippen molar-refractivity contribution in [2.75, 3.05) is 20.2 Å². The van der Waals surface area contributed by atoms with Crippen molar-refractivity contribution in [3.05, 3.63) is 0 Å². The van der Waals surface area contributed by atoms with Crippen LogP contribution in [0.2, 0.25) is 0 Å². The molecule has 4 heteroatoms. The van der Waals surface area contributed by atoms with Crippen LogP contribution in [0.3, 0.4) is 0 Å². The van der Waals surface area contributed by atoms with Gasteiger partial charge >= 0.3 is 5.97 Å². The Kier molecular flexibility index (Phi) is 2.21. The average molecular weight is 147 g/mol. The Morgan fingerprint density at radius 1 is 1.70 bits per heavy atom. The minimum atomic E-state index is -1.08. The molecule has 0 radical (unpaired) electrons. The number of alkyl halides is 1. The second-order valence-corrected chi connectivity index (χ2v) is 2.30. The van der Waals surface area contributed by atoms with Gasteiger partial charge in [0, 0.05) is 13.1 Å². The van der Waals surface area contributed by atoms with Crippen LogP contribution in [0.4, 0.5) is 4.39 Å². The minimum absolute atomic E-state index is 0.264. The highest BCUT2D eigenvalue weighted by molar-refractivity contribution is 5.73. The molecule has 1 aliphatic heterocycles.